The summed E-state index contributed by atoms with van der Waals surface area (Å²) in [6, 6.07) is 0. The highest BCUT2D eigenvalue weighted by Crippen LogP contribution is 1.42. The van der Waals surface area contributed by atoms with E-state index in [1.165, 1.54) is 0 Å². The maximum absolute atomic E-state index is 8.56. The first-order valence-corrected chi connectivity index (χ1v) is 0.651. The molecule has 0 spiro atoms. The molecule has 0 heterocycles. The zero-order valence-corrected chi connectivity index (χ0v) is 1.80. The molecule has 24 valence electrons. The Balaban J connectivity index is 0. The number of carbonyl (C=O) groups is 1. The normalized spacial score (nSPS) is 6.00. The smallest absolute Gasteiger partial charge is 0.450 e. The molecule has 0 amide bonds. The van der Waals surface area contributed by atoms with Crippen LogP contribution in [-0.2, 0) is 0 Å². The van der Waals surface area contributed by atoms with Crippen LogP contribution in [-0.4, -0.2) is 16.4 Å². The lowest BCUT2D eigenvalue weighted by Crippen LogP contribution is -1.81. The van der Waals surface area contributed by atoms with Gasteiger partial charge in [-0.05, 0) is 0 Å². The molecule has 0 aliphatic carbocycles. The van der Waals surface area contributed by atoms with Crippen molar-refractivity contribution in [2.75, 3.05) is 0 Å². The SMILES string of the molecule is O=C(O)O.[H+]. The van der Waals surface area contributed by atoms with Crippen molar-refractivity contribution in [2.24, 2.45) is 0 Å². The molecule has 0 aliphatic heterocycles. The van der Waals surface area contributed by atoms with E-state index in [0.29, 0.717) is 0 Å². The highest BCUT2D eigenvalue weighted by Gasteiger charge is 1.70. The van der Waals surface area contributed by atoms with E-state index >= 15 is 0 Å². The van der Waals surface area contributed by atoms with Crippen molar-refractivity contribution < 1.29 is 16.4 Å². The van der Waals surface area contributed by atoms with Gasteiger partial charge in [0.05, 0.1) is 0 Å². The van der Waals surface area contributed by atoms with Gasteiger partial charge in [-0.3, -0.25) is 0 Å². The lowest BCUT2D eigenvalue weighted by molar-refractivity contribution is 0.137. The Morgan fingerprint density at radius 2 is 1.75 bits per heavy atom. The number of hydrogen-bond donors (Lipinski definition) is 2. The highest BCUT2D eigenvalue weighted by molar-refractivity contribution is 5.53. The first-order chi connectivity index (χ1) is 1.73. The van der Waals surface area contributed by atoms with Gasteiger partial charge in [-0.15, -0.1) is 0 Å². The van der Waals surface area contributed by atoms with Crippen LogP contribution in [0.5, 0.6) is 0 Å². The van der Waals surface area contributed by atoms with Crippen LogP contribution >= 0.6 is 0 Å². The van der Waals surface area contributed by atoms with Gasteiger partial charge >= 0.3 is 7.58 Å². The Morgan fingerprint density at radius 3 is 1.75 bits per heavy atom. The molecule has 3 nitrogen and oxygen atoms in total. The van der Waals surface area contributed by atoms with Crippen molar-refractivity contribution in [3.05, 3.63) is 0 Å². The summed E-state index contributed by atoms with van der Waals surface area (Å²) in [5.41, 5.74) is 0. The van der Waals surface area contributed by atoms with Crippen LogP contribution in [0.15, 0.2) is 0 Å². The minimum absolute atomic E-state index is 0. The molecular formula is CH3O3+. The number of carboxylic acid groups (broad SMARTS) is 2. The van der Waals surface area contributed by atoms with Gasteiger partial charge in [-0.1, -0.05) is 0 Å². The van der Waals surface area contributed by atoms with Crippen LogP contribution in [0.3, 0.4) is 0 Å². The van der Waals surface area contributed by atoms with E-state index in [4.69, 9.17) is 15.0 Å². The summed E-state index contributed by atoms with van der Waals surface area (Å²) < 4.78 is 0. The van der Waals surface area contributed by atoms with Crippen LogP contribution in [0.25, 0.3) is 0 Å². The van der Waals surface area contributed by atoms with Crippen molar-refractivity contribution in [1.29, 1.82) is 0 Å². The molecule has 0 aliphatic rings. The van der Waals surface area contributed by atoms with Crippen LogP contribution in [0.2, 0.25) is 0 Å². The number of rotatable bonds is 0. The molecule has 3 heteroatoms. The fourth-order valence-corrected chi connectivity index (χ4v) is 0. The lowest BCUT2D eigenvalue weighted by atomic mass is 11.5. The van der Waals surface area contributed by atoms with Crippen molar-refractivity contribution in [2.45, 2.75) is 0 Å². The minimum atomic E-state index is -1.83. The third-order valence-corrected chi connectivity index (χ3v) is 0. The summed E-state index contributed by atoms with van der Waals surface area (Å²) >= 11 is 0. The second kappa shape index (κ2) is 0.711. The van der Waals surface area contributed by atoms with E-state index in [-0.39, 0.29) is 1.43 Å². The molecule has 0 bridgehead atoms. The maximum atomic E-state index is 8.56. The number of hydrogen-bond acceptors (Lipinski definition) is 1. The van der Waals surface area contributed by atoms with Crippen molar-refractivity contribution in [1.82, 2.24) is 0 Å². The zero-order valence-electron chi connectivity index (χ0n) is 2.80. The molecule has 0 saturated heterocycles. The van der Waals surface area contributed by atoms with Gasteiger partial charge in [-0.25, -0.2) is 4.79 Å². The van der Waals surface area contributed by atoms with E-state index in [1.54, 1.807) is 0 Å². The lowest BCUT2D eigenvalue weighted by Gasteiger charge is -1.60. The van der Waals surface area contributed by atoms with E-state index in [2.05, 4.69) is 0 Å². The Labute approximate surface area is 24.0 Å². The topological polar surface area (TPSA) is 57.5 Å². The van der Waals surface area contributed by atoms with Gasteiger partial charge in [0.2, 0.25) is 0 Å². The average molecular weight is 63.0 g/mol. The summed E-state index contributed by atoms with van der Waals surface area (Å²) in [5.74, 6) is 0. The monoisotopic (exact) mass is 63.0 g/mol. The van der Waals surface area contributed by atoms with Crippen molar-refractivity contribution >= 4 is 6.16 Å². The van der Waals surface area contributed by atoms with Crippen LogP contribution < -0.4 is 0 Å². The molecule has 0 unspecified atom stereocenters. The van der Waals surface area contributed by atoms with Gasteiger partial charge < -0.3 is 10.2 Å². The summed E-state index contributed by atoms with van der Waals surface area (Å²) in [7, 11) is 0. The fourth-order valence-electron chi connectivity index (χ4n) is 0. The predicted molar refractivity (Wildman–Crippen MR) is 11.8 cm³/mol. The summed E-state index contributed by atoms with van der Waals surface area (Å²) in [4.78, 5) is 8.56. The molecule has 0 rings (SSSR count). The van der Waals surface area contributed by atoms with Crippen molar-refractivity contribution in [3.8, 4) is 0 Å². The zero-order chi connectivity index (χ0) is 3.58. The Bertz CT molecular complexity index is 29.9. The van der Waals surface area contributed by atoms with E-state index < -0.39 is 6.16 Å². The second-order valence-electron chi connectivity index (χ2n) is 0.283. The van der Waals surface area contributed by atoms with Gasteiger partial charge in [0.1, 0.15) is 0 Å². The van der Waals surface area contributed by atoms with E-state index in [1.807, 2.05) is 0 Å². The molecule has 0 aromatic carbocycles. The third kappa shape index (κ3) is 0.174. The molecule has 0 radical (unpaired) electrons. The molecular weight excluding hydrogens is 60.0 g/mol. The van der Waals surface area contributed by atoms with E-state index in [9.17, 15) is 0 Å². The highest BCUT2D eigenvalue weighted by atomic mass is 16.6. The molecule has 0 aromatic rings. The quantitative estimate of drug-likeness (QED) is 0.426. The molecule has 2 N–H and O–H groups in total. The Hall–Kier alpha value is -0.730. The molecule has 0 fully saturated rings. The Kier molecular flexibility index (Phi) is 0.581. The van der Waals surface area contributed by atoms with Crippen LogP contribution in [0.4, 0.5) is 4.79 Å². The van der Waals surface area contributed by atoms with Gasteiger partial charge in [0, 0.05) is 0 Å². The second-order valence-corrected chi connectivity index (χ2v) is 0.283. The first-order valence-electron chi connectivity index (χ1n) is 0.651. The van der Waals surface area contributed by atoms with Crippen LogP contribution in [0, 0.1) is 0 Å². The molecule has 0 aromatic heterocycles. The first kappa shape index (κ1) is 3.27. The molecule has 4 heavy (non-hydrogen) atoms. The standard InChI is InChI=1S/CH2O3/c2-1(3)4/h(H2,2,3,4)/p+1. The summed E-state index contributed by atoms with van der Waals surface area (Å²) in [6.45, 7) is 0. The van der Waals surface area contributed by atoms with Crippen LogP contribution in [0.1, 0.15) is 1.43 Å². The summed E-state index contributed by atoms with van der Waals surface area (Å²) in [5, 5.41) is 13.9. The average Bonchev–Trinajstić information content (AvgIpc) is 0.811. The van der Waals surface area contributed by atoms with Gasteiger partial charge in [-0.2, -0.15) is 0 Å². The summed E-state index contributed by atoms with van der Waals surface area (Å²) in [6.07, 6.45) is -1.83. The van der Waals surface area contributed by atoms with Crippen molar-refractivity contribution in [3.63, 3.8) is 0 Å². The van der Waals surface area contributed by atoms with Gasteiger partial charge in [0.15, 0.2) is 0 Å². The largest absolute Gasteiger partial charge is 1.00 e. The van der Waals surface area contributed by atoms with Gasteiger partial charge in [0.25, 0.3) is 0 Å². The third-order valence-electron chi connectivity index (χ3n) is 0. The van der Waals surface area contributed by atoms with E-state index in [0.717, 1.165) is 0 Å². The molecule has 0 saturated carbocycles. The maximum Gasteiger partial charge on any atom is 1.00 e. The predicted octanol–water partition coefficient (Wildman–Crippen LogP) is 0.335. The Morgan fingerprint density at radius 1 is 1.75 bits per heavy atom. The molecule has 0 atom stereocenters. The minimum Gasteiger partial charge on any atom is -0.450 e. The fraction of sp³-hybridized carbons (Fsp3) is 0.